The van der Waals surface area contributed by atoms with Crippen LogP contribution < -0.4 is 5.32 Å². The molecular weight excluding hydrogens is 390 g/mol. The molecule has 4 aromatic rings. The molecule has 0 unspecified atom stereocenters. The average Bonchev–Trinajstić information content (AvgIpc) is 3.37. The van der Waals surface area contributed by atoms with E-state index in [1.54, 1.807) is 0 Å². The van der Waals surface area contributed by atoms with Crippen molar-refractivity contribution in [2.75, 3.05) is 26.3 Å². The number of rotatable bonds is 5. The van der Waals surface area contributed by atoms with Gasteiger partial charge in [0.15, 0.2) is 0 Å². The highest BCUT2D eigenvalue weighted by Crippen LogP contribution is 2.29. The third kappa shape index (κ3) is 4.06. The summed E-state index contributed by atoms with van der Waals surface area (Å²) in [6.07, 6.45) is 0. The first-order chi connectivity index (χ1) is 15.1. The van der Waals surface area contributed by atoms with Crippen LogP contribution in [0, 0.1) is 0 Å². The minimum Gasteiger partial charge on any atom is -0.379 e. The maximum atomic E-state index is 12.3. The number of carbonyl (C=O) groups excluding carboxylic acids is 1. The molecule has 7 nitrogen and oxygen atoms in total. The van der Waals surface area contributed by atoms with Crippen molar-refractivity contribution in [2.45, 2.75) is 26.4 Å². The number of H-pyrrole nitrogens is 2. The van der Waals surface area contributed by atoms with Crippen LogP contribution in [0.1, 0.15) is 29.8 Å². The van der Waals surface area contributed by atoms with Gasteiger partial charge in [0.25, 0.3) is 5.91 Å². The van der Waals surface area contributed by atoms with Crippen molar-refractivity contribution in [1.29, 1.82) is 0 Å². The molecule has 7 heteroatoms. The molecular formula is C24H27N5O2. The van der Waals surface area contributed by atoms with Crippen LogP contribution in [0.4, 0.5) is 0 Å². The van der Waals surface area contributed by atoms with Gasteiger partial charge in [0.1, 0.15) is 5.69 Å². The number of morpholine rings is 1. The number of nitrogens with one attached hydrogen (secondary N) is 3. The molecule has 2 aromatic heterocycles. The summed E-state index contributed by atoms with van der Waals surface area (Å²) in [5, 5.41) is 12.7. The van der Waals surface area contributed by atoms with Crippen molar-refractivity contribution >= 4 is 27.7 Å². The molecule has 1 fully saturated rings. The van der Waals surface area contributed by atoms with E-state index in [0.29, 0.717) is 5.56 Å². The van der Waals surface area contributed by atoms with E-state index < -0.39 is 0 Å². The summed E-state index contributed by atoms with van der Waals surface area (Å²) >= 11 is 0. The van der Waals surface area contributed by atoms with Gasteiger partial charge in [-0.2, -0.15) is 5.10 Å². The van der Waals surface area contributed by atoms with Crippen LogP contribution in [0.5, 0.6) is 0 Å². The summed E-state index contributed by atoms with van der Waals surface area (Å²) in [6, 6.07) is 14.5. The van der Waals surface area contributed by atoms with Crippen molar-refractivity contribution in [3.05, 3.63) is 53.6 Å². The van der Waals surface area contributed by atoms with Crippen LogP contribution in [0.15, 0.2) is 42.5 Å². The number of fused-ring (bicyclic) bond motifs is 2. The normalized spacial score (nSPS) is 15.2. The molecule has 5 rings (SSSR count). The molecule has 0 atom stereocenters. The quantitative estimate of drug-likeness (QED) is 0.462. The second-order valence-electron chi connectivity index (χ2n) is 8.45. The van der Waals surface area contributed by atoms with Gasteiger partial charge in [0.05, 0.1) is 24.4 Å². The molecule has 1 aliphatic rings. The minimum absolute atomic E-state index is 0.0774. The highest BCUT2D eigenvalue weighted by molar-refractivity contribution is 6.01. The number of carbonyl (C=O) groups is 1. The highest BCUT2D eigenvalue weighted by atomic mass is 16.5. The van der Waals surface area contributed by atoms with Crippen molar-refractivity contribution in [3.63, 3.8) is 0 Å². The Balaban J connectivity index is 1.42. The number of ether oxygens (including phenoxy) is 1. The molecule has 0 aliphatic carbocycles. The molecule has 2 aromatic carbocycles. The number of nitrogens with zero attached hydrogens (tertiary/aromatic N) is 2. The molecule has 0 saturated carbocycles. The van der Waals surface area contributed by atoms with E-state index >= 15 is 0 Å². The zero-order chi connectivity index (χ0) is 21.4. The Labute approximate surface area is 180 Å². The van der Waals surface area contributed by atoms with Crippen molar-refractivity contribution in [3.8, 4) is 11.4 Å². The molecule has 0 radical (unpaired) electrons. The van der Waals surface area contributed by atoms with Crippen molar-refractivity contribution in [1.82, 2.24) is 25.4 Å². The summed E-state index contributed by atoms with van der Waals surface area (Å²) in [5.74, 6) is -0.0774. The summed E-state index contributed by atoms with van der Waals surface area (Å²) < 4.78 is 5.45. The first kappa shape index (κ1) is 19.8. The predicted octanol–water partition coefficient (Wildman–Crippen LogP) is 3.68. The van der Waals surface area contributed by atoms with Crippen LogP contribution in [-0.4, -0.2) is 58.3 Å². The first-order valence-corrected chi connectivity index (χ1v) is 10.8. The second kappa shape index (κ2) is 8.17. The van der Waals surface area contributed by atoms with E-state index in [9.17, 15) is 4.79 Å². The lowest BCUT2D eigenvalue weighted by Gasteiger charge is -2.26. The molecule has 31 heavy (non-hydrogen) atoms. The lowest BCUT2D eigenvalue weighted by atomic mass is 10.1. The number of aromatic amines is 2. The smallest absolute Gasteiger partial charge is 0.251 e. The van der Waals surface area contributed by atoms with Crippen LogP contribution >= 0.6 is 0 Å². The summed E-state index contributed by atoms with van der Waals surface area (Å²) in [7, 11) is 0. The maximum Gasteiger partial charge on any atom is 0.251 e. The van der Waals surface area contributed by atoms with Gasteiger partial charge in [-0.3, -0.25) is 14.8 Å². The monoisotopic (exact) mass is 417 g/mol. The molecule has 1 amide bonds. The predicted molar refractivity (Wildman–Crippen MR) is 122 cm³/mol. The molecule has 160 valence electrons. The largest absolute Gasteiger partial charge is 0.379 e. The Bertz CT molecular complexity index is 1230. The Kier molecular flexibility index (Phi) is 5.21. The summed E-state index contributed by atoms with van der Waals surface area (Å²) in [4.78, 5) is 18.2. The highest BCUT2D eigenvalue weighted by Gasteiger charge is 2.15. The fourth-order valence-electron chi connectivity index (χ4n) is 4.14. The molecule has 0 spiro atoms. The Morgan fingerprint density at radius 3 is 2.77 bits per heavy atom. The zero-order valence-electron chi connectivity index (χ0n) is 17.9. The Morgan fingerprint density at radius 1 is 1.13 bits per heavy atom. The van der Waals surface area contributed by atoms with Crippen LogP contribution in [0.3, 0.4) is 0 Å². The average molecular weight is 418 g/mol. The minimum atomic E-state index is -0.0774. The molecule has 1 saturated heterocycles. The first-order valence-electron chi connectivity index (χ1n) is 10.8. The molecule has 3 heterocycles. The van der Waals surface area contributed by atoms with E-state index in [-0.39, 0.29) is 11.9 Å². The van der Waals surface area contributed by atoms with Gasteiger partial charge in [0.2, 0.25) is 0 Å². The van der Waals surface area contributed by atoms with Crippen LogP contribution in [-0.2, 0) is 11.3 Å². The number of amides is 1. The lowest BCUT2D eigenvalue weighted by molar-refractivity contribution is 0.0342. The van der Waals surface area contributed by atoms with E-state index in [1.165, 1.54) is 10.9 Å². The van der Waals surface area contributed by atoms with E-state index in [1.807, 2.05) is 32.0 Å². The van der Waals surface area contributed by atoms with E-state index in [2.05, 4.69) is 49.7 Å². The third-order valence-electron chi connectivity index (χ3n) is 5.69. The molecule has 1 aliphatic heterocycles. The van der Waals surface area contributed by atoms with E-state index in [4.69, 9.17) is 4.74 Å². The number of hydrogen-bond acceptors (Lipinski definition) is 4. The van der Waals surface area contributed by atoms with E-state index in [0.717, 1.165) is 60.7 Å². The lowest BCUT2D eigenvalue weighted by Crippen LogP contribution is -2.35. The number of benzene rings is 2. The van der Waals surface area contributed by atoms with Crippen LogP contribution in [0.25, 0.3) is 33.2 Å². The van der Waals surface area contributed by atoms with Gasteiger partial charge < -0.3 is 15.0 Å². The fourth-order valence-corrected chi connectivity index (χ4v) is 4.14. The SMILES string of the molecule is CC(C)NC(=O)c1ccc2c(-c3cc4cc(CN5CCOCC5)ccc4[nH]3)n[nH]c2c1. The van der Waals surface area contributed by atoms with Gasteiger partial charge in [0, 0.05) is 47.5 Å². The standard InChI is InChI=1S/C24H27N5O2/c1-15(2)25-24(30)17-4-5-19-21(12-17)27-28-23(19)22-13-18-11-16(3-6-20(18)26-22)14-29-7-9-31-10-8-29/h3-6,11-13,15,26H,7-10,14H2,1-2H3,(H,25,30)(H,27,28). The van der Waals surface area contributed by atoms with Gasteiger partial charge >= 0.3 is 0 Å². The number of aromatic nitrogens is 3. The fraction of sp³-hybridized carbons (Fsp3) is 0.333. The molecule has 0 bridgehead atoms. The molecule has 3 N–H and O–H groups in total. The van der Waals surface area contributed by atoms with Gasteiger partial charge in [-0.05, 0) is 55.8 Å². The zero-order valence-corrected chi connectivity index (χ0v) is 17.9. The second-order valence-corrected chi connectivity index (χ2v) is 8.45. The van der Waals surface area contributed by atoms with Crippen molar-refractivity contribution < 1.29 is 9.53 Å². The Hall–Kier alpha value is -3.16. The van der Waals surface area contributed by atoms with Gasteiger partial charge in [-0.1, -0.05) is 6.07 Å². The Morgan fingerprint density at radius 2 is 1.97 bits per heavy atom. The van der Waals surface area contributed by atoms with Gasteiger partial charge in [-0.15, -0.1) is 0 Å². The summed E-state index contributed by atoms with van der Waals surface area (Å²) in [5.41, 5.74) is 5.68. The number of hydrogen-bond donors (Lipinski definition) is 3. The topological polar surface area (TPSA) is 86.0 Å². The van der Waals surface area contributed by atoms with Crippen LogP contribution in [0.2, 0.25) is 0 Å². The van der Waals surface area contributed by atoms with Crippen molar-refractivity contribution in [2.24, 2.45) is 0 Å². The maximum absolute atomic E-state index is 12.3. The third-order valence-corrected chi connectivity index (χ3v) is 5.69. The summed E-state index contributed by atoms with van der Waals surface area (Å²) in [6.45, 7) is 8.42. The van der Waals surface area contributed by atoms with Gasteiger partial charge in [-0.25, -0.2) is 0 Å².